The average molecular weight is 415 g/mol. The number of H-pyrrole nitrogens is 1. The summed E-state index contributed by atoms with van der Waals surface area (Å²) in [6.07, 6.45) is 1.81. The van der Waals surface area contributed by atoms with Crippen LogP contribution in [0.15, 0.2) is 72.9 Å². The molecule has 7 heteroatoms. The van der Waals surface area contributed by atoms with E-state index < -0.39 is 5.91 Å². The molecule has 0 saturated heterocycles. The molecule has 31 heavy (non-hydrogen) atoms. The Hall–Kier alpha value is -4.10. The fourth-order valence-corrected chi connectivity index (χ4v) is 3.42. The van der Waals surface area contributed by atoms with Crippen molar-refractivity contribution in [2.45, 2.75) is 6.54 Å². The number of aromatic nitrogens is 1. The number of methoxy groups -OCH3 is 1. The highest BCUT2D eigenvalue weighted by Crippen LogP contribution is 2.28. The van der Waals surface area contributed by atoms with Crippen LogP contribution in [0.1, 0.15) is 26.3 Å². The maximum atomic E-state index is 13.0. The van der Waals surface area contributed by atoms with Crippen LogP contribution in [0.3, 0.4) is 0 Å². The molecular formula is C24H21N3O4. The van der Waals surface area contributed by atoms with Crippen LogP contribution in [0.2, 0.25) is 0 Å². The smallest absolute Gasteiger partial charge is 0.274 e. The van der Waals surface area contributed by atoms with Crippen LogP contribution >= 0.6 is 0 Å². The zero-order valence-corrected chi connectivity index (χ0v) is 16.8. The highest BCUT2D eigenvalue weighted by atomic mass is 16.5. The maximum Gasteiger partial charge on any atom is 0.274 e. The highest BCUT2D eigenvalue weighted by Gasteiger charge is 2.14. The van der Waals surface area contributed by atoms with Gasteiger partial charge in [0.1, 0.15) is 5.75 Å². The standard InChI is InChI=1S/C24H21N3O4/c1-31-19-8-6-16(7-9-19)18-12-21(20-10-11-25-22(20)13-18)24(29)26-14-15-2-4-17(5-3-15)23(28)27-30/h2-13,25,30H,14H2,1H3,(H,26,29)(H,27,28). The van der Waals surface area contributed by atoms with Gasteiger partial charge in [0.2, 0.25) is 0 Å². The molecule has 0 fully saturated rings. The van der Waals surface area contributed by atoms with Gasteiger partial charge in [-0.15, -0.1) is 0 Å². The number of nitrogens with one attached hydrogen (secondary N) is 3. The van der Waals surface area contributed by atoms with Gasteiger partial charge in [-0.3, -0.25) is 14.8 Å². The molecule has 0 spiro atoms. The van der Waals surface area contributed by atoms with E-state index >= 15 is 0 Å². The number of fused-ring (bicyclic) bond motifs is 1. The SMILES string of the molecule is COc1ccc(-c2cc(C(=O)NCc3ccc(C(=O)NO)cc3)c3cc[nH]c3c2)cc1. The monoisotopic (exact) mass is 415 g/mol. The molecule has 0 atom stereocenters. The van der Waals surface area contributed by atoms with E-state index in [2.05, 4.69) is 10.3 Å². The van der Waals surface area contributed by atoms with Crippen molar-refractivity contribution in [3.8, 4) is 16.9 Å². The fourth-order valence-electron chi connectivity index (χ4n) is 3.42. The zero-order valence-electron chi connectivity index (χ0n) is 16.8. The largest absolute Gasteiger partial charge is 0.497 e. The number of ether oxygens (including phenoxy) is 1. The number of hydrogen-bond acceptors (Lipinski definition) is 4. The number of hydrogen-bond donors (Lipinski definition) is 4. The number of aromatic amines is 1. The lowest BCUT2D eigenvalue weighted by Crippen LogP contribution is -2.23. The van der Waals surface area contributed by atoms with Gasteiger partial charge < -0.3 is 15.0 Å². The summed E-state index contributed by atoms with van der Waals surface area (Å²) in [5.41, 5.74) is 6.10. The highest BCUT2D eigenvalue weighted by molar-refractivity contribution is 6.08. The normalized spacial score (nSPS) is 10.6. The Bertz CT molecular complexity index is 1230. The van der Waals surface area contributed by atoms with E-state index in [-0.39, 0.29) is 5.91 Å². The Morgan fingerprint density at radius 3 is 2.35 bits per heavy atom. The summed E-state index contributed by atoms with van der Waals surface area (Å²) >= 11 is 0. The van der Waals surface area contributed by atoms with Crippen molar-refractivity contribution >= 4 is 22.7 Å². The summed E-state index contributed by atoms with van der Waals surface area (Å²) in [4.78, 5) is 27.6. The summed E-state index contributed by atoms with van der Waals surface area (Å²) in [5.74, 6) is -0.0110. The van der Waals surface area contributed by atoms with E-state index in [9.17, 15) is 9.59 Å². The predicted molar refractivity (Wildman–Crippen MR) is 117 cm³/mol. The minimum Gasteiger partial charge on any atom is -0.497 e. The van der Waals surface area contributed by atoms with Gasteiger partial charge in [-0.2, -0.15) is 0 Å². The van der Waals surface area contributed by atoms with E-state index in [1.54, 1.807) is 36.9 Å². The van der Waals surface area contributed by atoms with E-state index in [1.807, 2.05) is 48.7 Å². The van der Waals surface area contributed by atoms with Crippen molar-refractivity contribution in [2.24, 2.45) is 0 Å². The molecule has 7 nitrogen and oxygen atoms in total. The Kier molecular flexibility index (Phi) is 5.68. The molecule has 0 saturated carbocycles. The van der Waals surface area contributed by atoms with Gasteiger partial charge in [0.05, 0.1) is 7.11 Å². The lowest BCUT2D eigenvalue weighted by molar-refractivity contribution is 0.0706. The zero-order chi connectivity index (χ0) is 21.8. The average Bonchev–Trinajstić information content (AvgIpc) is 3.30. The minimum atomic E-state index is -0.583. The number of hydroxylamine groups is 1. The lowest BCUT2D eigenvalue weighted by Gasteiger charge is -2.10. The molecule has 0 aliphatic carbocycles. The van der Waals surface area contributed by atoms with Crippen LogP contribution in [0.4, 0.5) is 0 Å². The van der Waals surface area contributed by atoms with Gasteiger partial charge in [0, 0.05) is 34.8 Å². The third kappa shape index (κ3) is 4.26. The number of carbonyl (C=O) groups excluding carboxylic acids is 2. The summed E-state index contributed by atoms with van der Waals surface area (Å²) in [6.45, 7) is 0.304. The van der Waals surface area contributed by atoms with Gasteiger partial charge in [-0.05, 0) is 59.2 Å². The van der Waals surface area contributed by atoms with Crippen LogP contribution in [0, 0.1) is 0 Å². The molecule has 156 valence electrons. The molecule has 3 aromatic carbocycles. The van der Waals surface area contributed by atoms with E-state index in [4.69, 9.17) is 9.94 Å². The van der Waals surface area contributed by atoms with Gasteiger partial charge in [-0.25, -0.2) is 5.48 Å². The lowest BCUT2D eigenvalue weighted by atomic mass is 9.99. The Morgan fingerprint density at radius 1 is 0.935 bits per heavy atom. The first-order chi connectivity index (χ1) is 15.1. The third-order valence-electron chi connectivity index (χ3n) is 5.11. The summed E-state index contributed by atoms with van der Waals surface area (Å²) in [5, 5.41) is 12.5. The van der Waals surface area contributed by atoms with Crippen molar-refractivity contribution in [3.05, 3.63) is 89.6 Å². The minimum absolute atomic E-state index is 0.197. The van der Waals surface area contributed by atoms with Crippen molar-refractivity contribution in [3.63, 3.8) is 0 Å². The summed E-state index contributed by atoms with van der Waals surface area (Å²) < 4.78 is 5.22. The number of benzene rings is 3. The summed E-state index contributed by atoms with van der Waals surface area (Å²) in [6, 6.07) is 20.1. The fraction of sp³-hybridized carbons (Fsp3) is 0.0833. The van der Waals surface area contributed by atoms with Crippen molar-refractivity contribution in [1.82, 2.24) is 15.8 Å². The molecule has 4 rings (SSSR count). The second kappa shape index (κ2) is 8.73. The van der Waals surface area contributed by atoms with Gasteiger partial charge in [0.25, 0.3) is 11.8 Å². The Labute approximate surface area is 178 Å². The van der Waals surface area contributed by atoms with Gasteiger partial charge >= 0.3 is 0 Å². The quantitative estimate of drug-likeness (QED) is 0.283. The van der Waals surface area contributed by atoms with E-state index in [1.165, 1.54) is 0 Å². The first kappa shape index (κ1) is 20.2. The molecule has 2 amide bonds. The molecule has 1 aromatic heterocycles. The number of amides is 2. The third-order valence-corrected chi connectivity index (χ3v) is 5.11. The van der Waals surface area contributed by atoms with Gasteiger partial charge in [0.15, 0.2) is 0 Å². The Balaban J connectivity index is 1.57. The summed E-state index contributed by atoms with van der Waals surface area (Å²) in [7, 11) is 1.62. The van der Waals surface area contributed by atoms with Crippen LogP contribution in [0.25, 0.3) is 22.0 Å². The van der Waals surface area contributed by atoms with E-state index in [0.717, 1.165) is 33.3 Å². The number of rotatable bonds is 6. The van der Waals surface area contributed by atoms with Crippen LogP contribution in [-0.4, -0.2) is 29.1 Å². The van der Waals surface area contributed by atoms with Crippen molar-refractivity contribution in [2.75, 3.05) is 7.11 Å². The maximum absolute atomic E-state index is 13.0. The molecule has 0 aliphatic heterocycles. The molecule has 0 bridgehead atoms. The first-order valence-electron chi connectivity index (χ1n) is 9.66. The van der Waals surface area contributed by atoms with Crippen molar-refractivity contribution < 1.29 is 19.5 Å². The Morgan fingerprint density at radius 2 is 1.68 bits per heavy atom. The van der Waals surface area contributed by atoms with Crippen molar-refractivity contribution in [1.29, 1.82) is 0 Å². The predicted octanol–water partition coefficient (Wildman–Crippen LogP) is 3.89. The van der Waals surface area contributed by atoms with Crippen LogP contribution < -0.4 is 15.5 Å². The molecule has 4 N–H and O–H groups in total. The first-order valence-corrected chi connectivity index (χ1v) is 9.66. The molecule has 1 heterocycles. The number of carbonyl (C=O) groups is 2. The topological polar surface area (TPSA) is 103 Å². The second-order valence-corrected chi connectivity index (χ2v) is 7.01. The second-order valence-electron chi connectivity index (χ2n) is 7.01. The molecule has 0 radical (unpaired) electrons. The molecular weight excluding hydrogens is 394 g/mol. The van der Waals surface area contributed by atoms with Crippen LogP contribution in [-0.2, 0) is 6.54 Å². The van der Waals surface area contributed by atoms with Crippen LogP contribution in [0.5, 0.6) is 5.75 Å². The molecule has 0 aliphatic rings. The molecule has 4 aromatic rings. The van der Waals surface area contributed by atoms with E-state index in [0.29, 0.717) is 17.7 Å². The van der Waals surface area contributed by atoms with Gasteiger partial charge in [-0.1, -0.05) is 24.3 Å². The molecule has 0 unspecified atom stereocenters.